The van der Waals surface area contributed by atoms with Gasteiger partial charge in [0.05, 0.1) is 0 Å². The third kappa shape index (κ3) is 1.70. The summed E-state index contributed by atoms with van der Waals surface area (Å²) in [5.41, 5.74) is -2.30. The molecule has 0 saturated heterocycles. The second kappa shape index (κ2) is 3.65. The van der Waals surface area contributed by atoms with Crippen molar-refractivity contribution in [3.63, 3.8) is 0 Å². The topological polar surface area (TPSA) is 144 Å². The minimum absolute atomic E-state index is 0.920. The van der Waals surface area contributed by atoms with Gasteiger partial charge in [-0.3, -0.25) is 10.1 Å². The molecule has 1 aliphatic rings. The van der Waals surface area contributed by atoms with Crippen LogP contribution < -0.4 is 0 Å². The second-order valence-electron chi connectivity index (χ2n) is 3.87. The lowest BCUT2D eigenvalue weighted by Crippen LogP contribution is -2.71. The molecule has 0 spiro atoms. The molecule has 8 nitrogen and oxygen atoms in total. The van der Waals surface area contributed by atoms with E-state index in [-0.39, 0.29) is 0 Å². The van der Waals surface area contributed by atoms with E-state index in [1.54, 1.807) is 0 Å². The normalized spacial score (nSPS) is 51.5. The highest BCUT2D eigenvalue weighted by Crippen LogP contribution is 2.31. The van der Waals surface area contributed by atoms with E-state index in [0.717, 1.165) is 6.92 Å². The standard InChI is InChI=1S/C7H13NO7/c1-7(13)5(8(14)15)3(10)2(9)4(11)6(7)12/h2-6,9-13H,1H3/t2-,3+,4-,5-,6+,7+/m1/s1. The fourth-order valence-electron chi connectivity index (χ4n) is 1.78. The van der Waals surface area contributed by atoms with E-state index in [2.05, 4.69) is 0 Å². The fraction of sp³-hybridized carbons (Fsp3) is 1.00. The van der Waals surface area contributed by atoms with Crippen LogP contribution in [0.4, 0.5) is 0 Å². The Hall–Kier alpha value is -0.800. The van der Waals surface area contributed by atoms with Crippen molar-refractivity contribution in [1.82, 2.24) is 0 Å². The monoisotopic (exact) mass is 223 g/mol. The zero-order chi connectivity index (χ0) is 12.0. The van der Waals surface area contributed by atoms with Crippen molar-refractivity contribution in [3.05, 3.63) is 10.1 Å². The molecular weight excluding hydrogens is 210 g/mol. The third-order valence-electron chi connectivity index (χ3n) is 2.77. The summed E-state index contributed by atoms with van der Waals surface area (Å²) in [6.45, 7) is 0.920. The van der Waals surface area contributed by atoms with Gasteiger partial charge in [0.15, 0.2) is 11.7 Å². The molecule has 0 aromatic rings. The molecule has 0 unspecified atom stereocenters. The van der Waals surface area contributed by atoms with Crippen LogP contribution in [0.1, 0.15) is 6.92 Å². The van der Waals surface area contributed by atoms with E-state index in [1.807, 2.05) is 0 Å². The molecule has 8 heteroatoms. The van der Waals surface area contributed by atoms with E-state index in [1.165, 1.54) is 0 Å². The van der Waals surface area contributed by atoms with Gasteiger partial charge in [0.2, 0.25) is 0 Å². The zero-order valence-electron chi connectivity index (χ0n) is 7.89. The maximum absolute atomic E-state index is 10.6. The second-order valence-corrected chi connectivity index (χ2v) is 3.87. The van der Waals surface area contributed by atoms with Crippen LogP contribution in [-0.2, 0) is 0 Å². The molecule has 5 N–H and O–H groups in total. The Bertz CT molecular complexity index is 268. The van der Waals surface area contributed by atoms with Crippen molar-refractivity contribution in [2.75, 3.05) is 0 Å². The Balaban J connectivity index is 3.10. The molecule has 1 saturated carbocycles. The van der Waals surface area contributed by atoms with Crippen LogP contribution in [0.25, 0.3) is 0 Å². The minimum atomic E-state index is -2.30. The molecule has 1 rings (SSSR count). The quantitative estimate of drug-likeness (QED) is 0.233. The minimum Gasteiger partial charge on any atom is -0.387 e. The molecule has 6 atom stereocenters. The summed E-state index contributed by atoms with van der Waals surface area (Å²) >= 11 is 0. The Labute approximate surface area is 84.5 Å². The lowest BCUT2D eigenvalue weighted by atomic mass is 9.74. The van der Waals surface area contributed by atoms with E-state index in [0.29, 0.717) is 0 Å². The number of aliphatic hydroxyl groups excluding tert-OH is 4. The van der Waals surface area contributed by atoms with Gasteiger partial charge in [0.1, 0.15) is 18.3 Å². The van der Waals surface area contributed by atoms with Crippen LogP contribution in [0.15, 0.2) is 0 Å². The van der Waals surface area contributed by atoms with Gasteiger partial charge >= 0.3 is 0 Å². The number of hydrogen-bond acceptors (Lipinski definition) is 7. The smallest absolute Gasteiger partial charge is 0.271 e. The first-order chi connectivity index (χ1) is 6.71. The SMILES string of the molecule is C[C@@]1(O)[C@@H](O)[C@H](O)[C@H](O)[C@H](O)[C@H]1[N+](=O)[O-]. The Kier molecular flexibility index (Phi) is 2.99. The zero-order valence-corrected chi connectivity index (χ0v) is 7.89. The Morgan fingerprint density at radius 1 is 1.13 bits per heavy atom. The summed E-state index contributed by atoms with van der Waals surface area (Å²) < 4.78 is 0. The van der Waals surface area contributed by atoms with E-state index in [9.17, 15) is 35.6 Å². The number of hydrogen-bond donors (Lipinski definition) is 5. The van der Waals surface area contributed by atoms with Crippen LogP contribution in [0.3, 0.4) is 0 Å². The maximum atomic E-state index is 10.6. The Morgan fingerprint density at radius 3 is 2.00 bits per heavy atom. The third-order valence-corrected chi connectivity index (χ3v) is 2.77. The van der Waals surface area contributed by atoms with Crippen LogP contribution in [0.2, 0.25) is 0 Å². The van der Waals surface area contributed by atoms with Gasteiger partial charge in [-0.05, 0) is 6.92 Å². The van der Waals surface area contributed by atoms with E-state index < -0.39 is 41.0 Å². The number of nitro groups is 1. The highest BCUT2D eigenvalue weighted by Gasteiger charge is 2.61. The van der Waals surface area contributed by atoms with Gasteiger partial charge in [-0.2, -0.15) is 0 Å². The van der Waals surface area contributed by atoms with Crippen molar-refractivity contribution >= 4 is 0 Å². The van der Waals surface area contributed by atoms with Crippen molar-refractivity contribution in [3.8, 4) is 0 Å². The molecule has 0 aromatic carbocycles. The highest BCUT2D eigenvalue weighted by atomic mass is 16.6. The van der Waals surface area contributed by atoms with Crippen molar-refractivity contribution < 1.29 is 30.5 Å². The first kappa shape index (κ1) is 12.3. The maximum Gasteiger partial charge on any atom is 0.271 e. The van der Waals surface area contributed by atoms with Crippen molar-refractivity contribution in [2.24, 2.45) is 0 Å². The molecule has 0 bridgehead atoms. The lowest BCUT2D eigenvalue weighted by Gasteiger charge is -2.43. The molecule has 1 aliphatic carbocycles. The number of nitrogens with zero attached hydrogens (tertiary/aromatic N) is 1. The van der Waals surface area contributed by atoms with Crippen LogP contribution in [0.5, 0.6) is 0 Å². The van der Waals surface area contributed by atoms with Crippen LogP contribution in [0, 0.1) is 10.1 Å². The molecule has 0 amide bonds. The predicted molar refractivity (Wildman–Crippen MR) is 45.4 cm³/mol. The van der Waals surface area contributed by atoms with E-state index >= 15 is 0 Å². The summed E-state index contributed by atoms with van der Waals surface area (Å²) in [6, 6.07) is -1.95. The molecule has 0 radical (unpaired) electrons. The van der Waals surface area contributed by atoms with Gasteiger partial charge < -0.3 is 25.5 Å². The highest BCUT2D eigenvalue weighted by molar-refractivity contribution is 5.06. The Morgan fingerprint density at radius 2 is 1.60 bits per heavy atom. The van der Waals surface area contributed by atoms with Crippen molar-refractivity contribution in [2.45, 2.75) is 43.0 Å². The number of aliphatic hydroxyl groups is 5. The first-order valence-electron chi connectivity index (χ1n) is 4.29. The summed E-state index contributed by atoms with van der Waals surface area (Å²) in [4.78, 5) is 9.56. The summed E-state index contributed by atoms with van der Waals surface area (Å²) in [7, 11) is 0. The van der Waals surface area contributed by atoms with Gasteiger partial charge in [-0.25, -0.2) is 0 Å². The van der Waals surface area contributed by atoms with Gasteiger partial charge in [0.25, 0.3) is 6.04 Å². The summed E-state index contributed by atoms with van der Waals surface area (Å²) in [5.74, 6) is 0. The summed E-state index contributed by atoms with van der Waals surface area (Å²) in [5, 5.41) is 57.2. The average Bonchev–Trinajstić information content (AvgIpc) is 2.11. The summed E-state index contributed by atoms with van der Waals surface area (Å²) in [6.07, 6.45) is -7.53. The van der Waals surface area contributed by atoms with Crippen LogP contribution in [-0.4, -0.2) is 66.5 Å². The van der Waals surface area contributed by atoms with Gasteiger partial charge in [0, 0.05) is 4.92 Å². The molecule has 1 fully saturated rings. The van der Waals surface area contributed by atoms with E-state index in [4.69, 9.17) is 0 Å². The molecule has 88 valence electrons. The molecule has 0 aliphatic heterocycles. The lowest BCUT2D eigenvalue weighted by molar-refractivity contribution is -0.570. The van der Waals surface area contributed by atoms with Gasteiger partial charge in [-0.15, -0.1) is 0 Å². The molecule has 15 heavy (non-hydrogen) atoms. The fourth-order valence-corrected chi connectivity index (χ4v) is 1.78. The average molecular weight is 223 g/mol. The largest absolute Gasteiger partial charge is 0.387 e. The van der Waals surface area contributed by atoms with Crippen molar-refractivity contribution in [1.29, 1.82) is 0 Å². The molecule has 0 aromatic heterocycles. The predicted octanol–water partition coefficient (Wildman–Crippen LogP) is -3.16. The number of rotatable bonds is 1. The van der Waals surface area contributed by atoms with Gasteiger partial charge in [-0.1, -0.05) is 0 Å². The first-order valence-corrected chi connectivity index (χ1v) is 4.29. The molecule has 0 heterocycles. The van der Waals surface area contributed by atoms with Crippen LogP contribution >= 0.6 is 0 Å². The molecular formula is C7H13NO7.